The van der Waals surface area contributed by atoms with E-state index < -0.39 is 0 Å². The smallest absolute Gasteiger partial charge is 0.415 e. The van der Waals surface area contributed by atoms with Crippen LogP contribution >= 0.6 is 0 Å². The van der Waals surface area contributed by atoms with Crippen molar-refractivity contribution in [2.24, 2.45) is 0 Å². The number of ether oxygens (including phenoxy) is 1. The molecule has 1 heterocycles. The van der Waals surface area contributed by atoms with Gasteiger partial charge in [-0.3, -0.25) is 4.90 Å². The summed E-state index contributed by atoms with van der Waals surface area (Å²) in [6.07, 6.45) is 2.99. The predicted molar refractivity (Wildman–Crippen MR) is 31.4 cm³/mol. The summed E-state index contributed by atoms with van der Waals surface area (Å²) in [4.78, 5) is 12.1. The van der Waals surface area contributed by atoms with Gasteiger partial charge in [-0.1, -0.05) is 0 Å². The molecule has 0 atom stereocenters. The van der Waals surface area contributed by atoms with Crippen molar-refractivity contribution in [2.75, 3.05) is 13.8 Å². The molecule has 0 aromatic rings. The minimum Gasteiger partial charge on any atom is -0.452 e. The van der Waals surface area contributed by atoms with Gasteiger partial charge in [0.1, 0.15) is 0 Å². The molecule has 4 nitrogen and oxygen atoms in total. The molecule has 9 heavy (non-hydrogen) atoms. The first-order valence-corrected chi connectivity index (χ1v) is 2.59. The van der Waals surface area contributed by atoms with Gasteiger partial charge in [0.25, 0.3) is 0 Å². The molecule has 1 amide bonds. The van der Waals surface area contributed by atoms with Crippen LogP contribution in [0, 0.1) is 0 Å². The fraction of sp³-hybridized carbons (Fsp3) is 0.400. The number of amides is 1. The van der Waals surface area contributed by atoms with E-state index in [1.807, 2.05) is 0 Å². The van der Waals surface area contributed by atoms with Crippen LogP contribution in [0.1, 0.15) is 0 Å². The third kappa shape index (κ3) is 1.13. The average molecular weight is 128 g/mol. The molecule has 1 N–H and O–H groups in total. The molecule has 0 unspecified atom stereocenters. The van der Waals surface area contributed by atoms with E-state index in [9.17, 15) is 4.79 Å². The summed E-state index contributed by atoms with van der Waals surface area (Å²) in [6.45, 7) is 0.507. The van der Waals surface area contributed by atoms with Crippen LogP contribution in [0.15, 0.2) is 12.4 Å². The molecule has 0 radical (unpaired) electrons. The van der Waals surface area contributed by atoms with Gasteiger partial charge in [-0.05, 0) is 0 Å². The van der Waals surface area contributed by atoms with Crippen LogP contribution in [0.5, 0.6) is 0 Å². The molecule has 0 bridgehead atoms. The number of carbonyl (C=O) groups is 1. The first kappa shape index (κ1) is 5.94. The number of carbonyl (C=O) groups excluding carboxylic acids is 1. The van der Waals surface area contributed by atoms with E-state index >= 15 is 0 Å². The molecule has 0 fully saturated rings. The monoisotopic (exact) mass is 128 g/mol. The van der Waals surface area contributed by atoms with Crippen LogP contribution < -0.4 is 5.32 Å². The summed E-state index contributed by atoms with van der Waals surface area (Å²) in [7, 11) is 1.36. The molecule has 4 heteroatoms. The molecule has 0 spiro atoms. The number of nitrogens with zero attached hydrogens (tertiary/aromatic N) is 1. The Morgan fingerprint density at radius 3 is 3.11 bits per heavy atom. The Balaban J connectivity index is 2.43. The Hall–Kier alpha value is -1.19. The van der Waals surface area contributed by atoms with Gasteiger partial charge in [0.15, 0.2) is 0 Å². The van der Waals surface area contributed by atoms with Crippen molar-refractivity contribution in [2.45, 2.75) is 0 Å². The van der Waals surface area contributed by atoms with Gasteiger partial charge in [0.05, 0.1) is 13.8 Å². The van der Waals surface area contributed by atoms with Crippen LogP contribution in [0.3, 0.4) is 0 Å². The largest absolute Gasteiger partial charge is 0.452 e. The molecule has 0 aliphatic carbocycles. The SMILES string of the molecule is COC(=O)N1C=CNC1. The number of methoxy groups -OCH3 is 1. The van der Waals surface area contributed by atoms with Gasteiger partial charge in [-0.25, -0.2) is 4.79 Å². The maximum absolute atomic E-state index is 10.6. The second kappa shape index (κ2) is 2.39. The highest BCUT2D eigenvalue weighted by Crippen LogP contribution is 1.95. The van der Waals surface area contributed by atoms with Crippen molar-refractivity contribution in [3.8, 4) is 0 Å². The van der Waals surface area contributed by atoms with Crippen molar-refractivity contribution in [3.63, 3.8) is 0 Å². The zero-order chi connectivity index (χ0) is 6.69. The highest BCUT2D eigenvalue weighted by atomic mass is 16.5. The molecule has 50 valence electrons. The Labute approximate surface area is 53.1 Å². The lowest BCUT2D eigenvalue weighted by atomic mass is 10.8. The summed E-state index contributed by atoms with van der Waals surface area (Å²) < 4.78 is 4.43. The second-order valence-corrected chi connectivity index (χ2v) is 1.62. The molecule has 1 rings (SSSR count). The normalized spacial score (nSPS) is 15.4. The van der Waals surface area contributed by atoms with Gasteiger partial charge in [-0.15, -0.1) is 0 Å². The lowest BCUT2D eigenvalue weighted by Gasteiger charge is -2.09. The Morgan fingerprint density at radius 1 is 1.89 bits per heavy atom. The second-order valence-electron chi connectivity index (χ2n) is 1.62. The van der Waals surface area contributed by atoms with Crippen molar-refractivity contribution < 1.29 is 9.53 Å². The van der Waals surface area contributed by atoms with Crippen molar-refractivity contribution in [3.05, 3.63) is 12.4 Å². The molecular weight excluding hydrogens is 120 g/mol. The van der Waals surface area contributed by atoms with Crippen molar-refractivity contribution in [1.29, 1.82) is 0 Å². The maximum atomic E-state index is 10.6. The highest BCUT2D eigenvalue weighted by Gasteiger charge is 2.11. The summed E-state index contributed by atoms with van der Waals surface area (Å²) in [5.74, 6) is 0. The fourth-order valence-corrected chi connectivity index (χ4v) is 0.589. The van der Waals surface area contributed by atoms with Gasteiger partial charge in [-0.2, -0.15) is 0 Å². The van der Waals surface area contributed by atoms with E-state index in [-0.39, 0.29) is 6.09 Å². The van der Waals surface area contributed by atoms with Gasteiger partial charge >= 0.3 is 6.09 Å². The summed E-state index contributed by atoms with van der Waals surface area (Å²) in [6, 6.07) is 0. The first-order valence-electron chi connectivity index (χ1n) is 2.59. The molecule has 0 aromatic carbocycles. The number of hydrogen-bond donors (Lipinski definition) is 1. The third-order valence-electron chi connectivity index (χ3n) is 1.04. The number of rotatable bonds is 0. The van der Waals surface area contributed by atoms with Gasteiger partial charge in [0.2, 0.25) is 0 Å². The highest BCUT2D eigenvalue weighted by molar-refractivity contribution is 5.68. The number of hydrogen-bond acceptors (Lipinski definition) is 3. The maximum Gasteiger partial charge on any atom is 0.415 e. The Kier molecular flexibility index (Phi) is 1.58. The summed E-state index contributed by atoms with van der Waals surface area (Å²) in [5.41, 5.74) is 0. The van der Waals surface area contributed by atoms with Crippen LogP contribution in [0.25, 0.3) is 0 Å². The minimum absolute atomic E-state index is 0.337. The van der Waals surface area contributed by atoms with Crippen LogP contribution in [-0.4, -0.2) is 24.8 Å². The van der Waals surface area contributed by atoms with E-state index in [0.29, 0.717) is 6.67 Å². The fourth-order valence-electron chi connectivity index (χ4n) is 0.589. The Bertz CT molecular complexity index is 144. The molecule has 1 aliphatic heterocycles. The topological polar surface area (TPSA) is 41.6 Å². The average Bonchev–Trinajstić information content (AvgIpc) is 2.37. The van der Waals surface area contributed by atoms with E-state index in [4.69, 9.17) is 0 Å². The molecule has 0 aromatic heterocycles. The van der Waals surface area contributed by atoms with E-state index in [2.05, 4.69) is 10.1 Å². The van der Waals surface area contributed by atoms with Gasteiger partial charge in [0, 0.05) is 12.4 Å². The standard InChI is InChI=1S/C5H8N2O2/c1-9-5(8)7-3-2-6-4-7/h2-3,6H,4H2,1H3. The van der Waals surface area contributed by atoms with Crippen LogP contribution in [0.4, 0.5) is 4.79 Å². The molecule has 0 saturated heterocycles. The zero-order valence-corrected chi connectivity index (χ0v) is 5.13. The van der Waals surface area contributed by atoms with Crippen LogP contribution in [0.2, 0.25) is 0 Å². The minimum atomic E-state index is -0.337. The lowest BCUT2D eigenvalue weighted by Crippen LogP contribution is -2.27. The summed E-state index contributed by atoms with van der Waals surface area (Å²) >= 11 is 0. The van der Waals surface area contributed by atoms with Crippen LogP contribution in [-0.2, 0) is 4.74 Å². The van der Waals surface area contributed by atoms with Crippen molar-refractivity contribution in [1.82, 2.24) is 10.2 Å². The lowest BCUT2D eigenvalue weighted by molar-refractivity contribution is 0.141. The quantitative estimate of drug-likeness (QED) is 0.502. The first-order chi connectivity index (χ1) is 4.34. The molecule has 0 saturated carbocycles. The predicted octanol–water partition coefficient (Wildman–Crippen LogP) is 0.0867. The zero-order valence-electron chi connectivity index (χ0n) is 5.13. The molecular formula is C5H8N2O2. The van der Waals surface area contributed by atoms with Crippen molar-refractivity contribution >= 4 is 6.09 Å². The van der Waals surface area contributed by atoms with E-state index in [0.717, 1.165) is 0 Å². The number of nitrogens with one attached hydrogen (secondary N) is 1. The van der Waals surface area contributed by atoms with Gasteiger partial charge < -0.3 is 10.1 Å². The third-order valence-corrected chi connectivity index (χ3v) is 1.04. The Morgan fingerprint density at radius 2 is 2.67 bits per heavy atom. The molecule has 1 aliphatic rings. The summed E-state index contributed by atoms with van der Waals surface area (Å²) in [5, 5.41) is 2.83. The van der Waals surface area contributed by atoms with E-state index in [1.165, 1.54) is 12.0 Å². The van der Waals surface area contributed by atoms with E-state index in [1.54, 1.807) is 12.4 Å².